The van der Waals surface area contributed by atoms with Crippen molar-refractivity contribution in [1.82, 2.24) is 4.90 Å². The smallest absolute Gasteiger partial charge is 0.382 e. The Balaban J connectivity index is 1.36. The van der Waals surface area contributed by atoms with Crippen LogP contribution in [-0.2, 0) is 12.6 Å². The monoisotopic (exact) mass is 533 g/mol. The number of nitrogens with zero attached hydrogens (tertiary/aromatic N) is 2. The summed E-state index contributed by atoms with van der Waals surface area (Å²) in [6.45, 7) is 6.07. The Morgan fingerprint density at radius 1 is 0.919 bits per heavy atom. The molecule has 0 aromatic heterocycles. The molecule has 0 saturated carbocycles. The molecule has 0 atom stereocenters. The first kappa shape index (κ1) is 26.7. The third-order valence-corrected chi connectivity index (χ3v) is 9.31. The average Bonchev–Trinajstić information content (AvgIpc) is 2.88. The van der Waals surface area contributed by atoms with Crippen molar-refractivity contribution in [2.24, 2.45) is 17.4 Å². The van der Waals surface area contributed by atoms with Crippen LogP contribution < -0.4 is 21.7 Å². The van der Waals surface area contributed by atoms with Gasteiger partial charge in [-0.1, -0.05) is 17.8 Å². The molecule has 0 spiro atoms. The Bertz CT molecular complexity index is 1080. The zero-order valence-electron chi connectivity index (χ0n) is 21.3. The van der Waals surface area contributed by atoms with Crippen molar-refractivity contribution >= 4 is 23.1 Å². The van der Waals surface area contributed by atoms with Gasteiger partial charge in [-0.3, -0.25) is 0 Å². The van der Waals surface area contributed by atoms with Crippen LogP contribution in [0.5, 0.6) is 0 Å². The summed E-state index contributed by atoms with van der Waals surface area (Å²) < 4.78 is 41.6. The second-order valence-corrected chi connectivity index (χ2v) is 11.7. The van der Waals surface area contributed by atoms with Crippen LogP contribution in [0.3, 0.4) is 0 Å². The molecule has 2 saturated heterocycles. The van der Waals surface area contributed by atoms with E-state index >= 15 is 0 Å². The van der Waals surface area contributed by atoms with Gasteiger partial charge >= 0.3 is 6.18 Å². The minimum Gasteiger partial charge on any atom is -0.382 e. The summed E-state index contributed by atoms with van der Waals surface area (Å²) in [6, 6.07) is 9.33. The Morgan fingerprint density at radius 3 is 2.35 bits per heavy atom. The maximum Gasteiger partial charge on any atom is 0.416 e. The third-order valence-electron chi connectivity index (χ3n) is 8.12. The van der Waals surface area contributed by atoms with Crippen LogP contribution in [0, 0.1) is 5.92 Å². The summed E-state index contributed by atoms with van der Waals surface area (Å²) in [4.78, 5) is 6.50. The fraction of sp³-hybridized carbons (Fsp3) is 0.571. The number of fused-ring (bicyclic) bond motifs is 2. The van der Waals surface area contributed by atoms with Gasteiger partial charge in [0.15, 0.2) is 0 Å². The van der Waals surface area contributed by atoms with Gasteiger partial charge in [0.05, 0.1) is 5.56 Å². The van der Waals surface area contributed by atoms with E-state index in [1.165, 1.54) is 29.5 Å². The molecule has 37 heavy (non-hydrogen) atoms. The molecule has 0 unspecified atom stereocenters. The van der Waals surface area contributed by atoms with Gasteiger partial charge in [0.25, 0.3) is 0 Å². The zero-order chi connectivity index (χ0) is 26.0. The molecular weight excluding hydrogens is 495 g/mol. The van der Waals surface area contributed by atoms with E-state index in [0.717, 1.165) is 87.5 Å². The molecule has 0 aliphatic carbocycles. The first-order valence-electron chi connectivity index (χ1n) is 13.5. The van der Waals surface area contributed by atoms with Crippen LogP contribution in [0.4, 0.5) is 24.5 Å². The lowest BCUT2D eigenvalue weighted by Gasteiger charge is -2.35. The number of alkyl halides is 3. The molecule has 0 amide bonds. The number of anilines is 2. The Labute approximate surface area is 222 Å². The average molecular weight is 534 g/mol. The Hall–Kier alpha value is -1.94. The summed E-state index contributed by atoms with van der Waals surface area (Å²) in [6.07, 6.45) is 1.42. The Morgan fingerprint density at radius 2 is 1.68 bits per heavy atom. The van der Waals surface area contributed by atoms with Crippen LogP contribution in [0.25, 0.3) is 0 Å². The van der Waals surface area contributed by atoms with Gasteiger partial charge in [0.2, 0.25) is 0 Å². The lowest BCUT2D eigenvalue weighted by molar-refractivity contribution is -0.137. The van der Waals surface area contributed by atoms with E-state index in [-0.39, 0.29) is 6.04 Å². The van der Waals surface area contributed by atoms with Crippen LogP contribution in [0.15, 0.2) is 40.1 Å². The number of piperidine rings is 2. The number of likely N-dealkylation sites (tertiary alicyclic amines) is 1. The lowest BCUT2D eigenvalue weighted by atomic mass is 9.93. The molecule has 202 valence electrons. The first-order valence-corrected chi connectivity index (χ1v) is 14.3. The maximum atomic E-state index is 13.9. The number of nitrogens with two attached hydrogens (primary N) is 2. The molecule has 5 rings (SSSR count). The van der Waals surface area contributed by atoms with E-state index < -0.39 is 11.7 Å². The predicted octanol–water partition coefficient (Wildman–Crippen LogP) is 5.16. The van der Waals surface area contributed by atoms with Crippen molar-refractivity contribution in [3.8, 4) is 0 Å². The van der Waals surface area contributed by atoms with Crippen molar-refractivity contribution in [1.29, 1.82) is 0 Å². The summed E-state index contributed by atoms with van der Waals surface area (Å²) in [5.41, 5.74) is 14.8. The number of hydrogen-bond donors (Lipinski definition) is 3. The number of nitrogens with one attached hydrogen (secondary N) is 1. The van der Waals surface area contributed by atoms with Crippen molar-refractivity contribution in [2.45, 2.75) is 60.5 Å². The van der Waals surface area contributed by atoms with Gasteiger partial charge in [-0.25, -0.2) is 0 Å². The quantitative estimate of drug-likeness (QED) is 0.390. The van der Waals surface area contributed by atoms with Crippen LogP contribution in [0.2, 0.25) is 0 Å². The van der Waals surface area contributed by atoms with E-state index in [4.69, 9.17) is 11.5 Å². The Kier molecular flexibility index (Phi) is 8.24. The van der Waals surface area contributed by atoms with E-state index in [9.17, 15) is 13.2 Å². The van der Waals surface area contributed by atoms with Gasteiger partial charge in [-0.05, 0) is 80.0 Å². The van der Waals surface area contributed by atoms with Gasteiger partial charge in [0.1, 0.15) is 0 Å². The number of halogens is 3. The van der Waals surface area contributed by atoms with E-state index in [2.05, 4.69) is 33.3 Å². The minimum atomic E-state index is -4.38. The molecule has 5 N–H and O–H groups in total. The highest BCUT2D eigenvalue weighted by Crippen LogP contribution is 2.47. The van der Waals surface area contributed by atoms with Gasteiger partial charge in [0, 0.05) is 72.9 Å². The van der Waals surface area contributed by atoms with E-state index in [0.29, 0.717) is 29.5 Å². The van der Waals surface area contributed by atoms with Crippen LogP contribution in [0.1, 0.15) is 48.8 Å². The van der Waals surface area contributed by atoms with E-state index in [1.807, 2.05) is 0 Å². The highest BCUT2D eigenvalue weighted by molar-refractivity contribution is 7.99. The lowest BCUT2D eigenvalue weighted by Crippen LogP contribution is -2.41. The molecular formula is C28H38F3N5S. The normalized spacial score (nSPS) is 19.5. The van der Waals surface area contributed by atoms with Crippen molar-refractivity contribution in [3.05, 3.63) is 47.0 Å². The molecule has 2 fully saturated rings. The number of benzene rings is 2. The van der Waals surface area contributed by atoms with Gasteiger partial charge in [-0.2, -0.15) is 13.2 Å². The fourth-order valence-corrected chi connectivity index (χ4v) is 7.10. The molecule has 3 aliphatic heterocycles. The fourth-order valence-electron chi connectivity index (χ4n) is 5.92. The van der Waals surface area contributed by atoms with Crippen molar-refractivity contribution in [2.75, 3.05) is 56.0 Å². The minimum absolute atomic E-state index is 0.164. The molecule has 3 aliphatic rings. The predicted molar refractivity (Wildman–Crippen MR) is 146 cm³/mol. The van der Waals surface area contributed by atoms with E-state index in [1.54, 1.807) is 0 Å². The topological polar surface area (TPSA) is 70.5 Å². The molecule has 3 heterocycles. The highest BCUT2D eigenvalue weighted by Gasteiger charge is 2.34. The number of hydrogen-bond acceptors (Lipinski definition) is 6. The molecule has 0 radical (unpaired) electrons. The second-order valence-electron chi connectivity index (χ2n) is 10.6. The maximum absolute atomic E-state index is 13.9. The highest BCUT2D eigenvalue weighted by atomic mass is 32.2. The first-order chi connectivity index (χ1) is 17.8. The molecule has 2 aromatic carbocycles. The largest absolute Gasteiger partial charge is 0.416 e. The molecule has 5 nitrogen and oxygen atoms in total. The third kappa shape index (κ3) is 6.21. The van der Waals surface area contributed by atoms with Gasteiger partial charge < -0.3 is 26.6 Å². The van der Waals surface area contributed by atoms with Crippen molar-refractivity contribution < 1.29 is 13.2 Å². The second kappa shape index (κ2) is 11.4. The standard InChI is InChI=1S/C28H38F3N5S/c29-28(30,31)21-16-25(34-22-6-10-35(11-7-22)14-9-33)24-15-20-1-2-23(18-26(20)37-27(24)17-21)36-12-4-19(3-8-32)5-13-36/h1-2,16-19,22,34H,3-15,32-33H2. The molecule has 9 heteroatoms. The van der Waals surface area contributed by atoms with Crippen LogP contribution in [-0.4, -0.2) is 56.8 Å². The number of rotatable bonds is 7. The molecule has 0 bridgehead atoms. The summed E-state index contributed by atoms with van der Waals surface area (Å²) in [5.74, 6) is 0.694. The van der Waals surface area contributed by atoms with Gasteiger partial charge in [-0.15, -0.1) is 0 Å². The summed E-state index contributed by atoms with van der Waals surface area (Å²) >= 11 is 1.48. The SMILES string of the molecule is NCCC1CCN(c2ccc3c(c2)Sc2cc(C(F)(F)F)cc(NC4CCN(CCN)CC4)c2C3)CC1. The van der Waals surface area contributed by atoms with Crippen molar-refractivity contribution in [3.63, 3.8) is 0 Å². The summed E-state index contributed by atoms with van der Waals surface area (Å²) in [7, 11) is 0. The molecule has 2 aromatic rings. The summed E-state index contributed by atoms with van der Waals surface area (Å²) in [5, 5.41) is 3.50. The van der Waals surface area contributed by atoms with Crippen LogP contribution >= 0.6 is 11.8 Å². The zero-order valence-corrected chi connectivity index (χ0v) is 22.1.